The van der Waals surface area contributed by atoms with E-state index < -0.39 is 0 Å². The molecular formula is C9H14N2O. The third-order valence-electron chi connectivity index (χ3n) is 2.57. The molecule has 1 saturated heterocycles. The quantitative estimate of drug-likeness (QED) is 0.686. The van der Waals surface area contributed by atoms with E-state index >= 15 is 0 Å². The van der Waals surface area contributed by atoms with E-state index in [0.29, 0.717) is 5.92 Å². The van der Waals surface area contributed by atoms with Crippen molar-refractivity contribution < 1.29 is 4.52 Å². The molecule has 0 spiro atoms. The van der Waals surface area contributed by atoms with Crippen LogP contribution in [0.2, 0.25) is 0 Å². The Morgan fingerprint density at radius 1 is 1.50 bits per heavy atom. The van der Waals surface area contributed by atoms with Crippen molar-refractivity contribution in [1.82, 2.24) is 10.5 Å². The maximum absolute atomic E-state index is 5.05. The average Bonchev–Trinajstić information content (AvgIpc) is 2.53. The van der Waals surface area contributed by atoms with Crippen LogP contribution in [-0.4, -0.2) is 18.2 Å². The van der Waals surface area contributed by atoms with E-state index in [4.69, 9.17) is 4.52 Å². The number of nitrogens with zero attached hydrogens (tertiary/aromatic N) is 1. The van der Waals surface area contributed by atoms with Crippen molar-refractivity contribution >= 4 is 0 Å². The first kappa shape index (κ1) is 7.80. The topological polar surface area (TPSA) is 38.1 Å². The van der Waals surface area contributed by atoms with Gasteiger partial charge < -0.3 is 9.84 Å². The Labute approximate surface area is 72.1 Å². The van der Waals surface area contributed by atoms with Crippen molar-refractivity contribution in [3.8, 4) is 0 Å². The molecule has 0 saturated carbocycles. The van der Waals surface area contributed by atoms with Gasteiger partial charge in [-0.25, -0.2) is 0 Å². The lowest BCUT2D eigenvalue weighted by Gasteiger charge is -2.21. The lowest BCUT2D eigenvalue weighted by molar-refractivity contribution is 0.391. The van der Waals surface area contributed by atoms with Gasteiger partial charge in [0, 0.05) is 5.56 Å². The van der Waals surface area contributed by atoms with Crippen LogP contribution in [0, 0.1) is 6.92 Å². The van der Waals surface area contributed by atoms with Crippen LogP contribution in [0.15, 0.2) is 10.7 Å². The van der Waals surface area contributed by atoms with Gasteiger partial charge in [-0.1, -0.05) is 5.16 Å². The summed E-state index contributed by atoms with van der Waals surface area (Å²) in [5.74, 6) is 1.65. The summed E-state index contributed by atoms with van der Waals surface area (Å²) in [6.07, 6.45) is 4.29. The highest BCUT2D eigenvalue weighted by molar-refractivity contribution is 5.18. The summed E-state index contributed by atoms with van der Waals surface area (Å²) in [5.41, 5.74) is 1.30. The molecule has 0 amide bonds. The Kier molecular flexibility index (Phi) is 2.13. The van der Waals surface area contributed by atoms with Crippen LogP contribution >= 0.6 is 0 Å². The highest BCUT2D eigenvalue weighted by atomic mass is 16.5. The molecule has 1 aliphatic rings. The molecule has 3 nitrogen and oxygen atoms in total. The number of rotatable bonds is 1. The molecule has 66 valence electrons. The second-order valence-electron chi connectivity index (χ2n) is 3.36. The molecular weight excluding hydrogens is 152 g/mol. The monoisotopic (exact) mass is 166 g/mol. The fourth-order valence-electron chi connectivity index (χ4n) is 1.83. The van der Waals surface area contributed by atoms with E-state index in [1.165, 1.54) is 18.4 Å². The fourth-order valence-corrected chi connectivity index (χ4v) is 1.83. The second-order valence-corrected chi connectivity index (χ2v) is 3.36. The van der Waals surface area contributed by atoms with Crippen LogP contribution in [0.25, 0.3) is 0 Å². The lowest BCUT2D eigenvalue weighted by Crippen LogP contribution is -2.26. The number of hydrogen-bond donors (Lipinski definition) is 1. The molecule has 2 heterocycles. The molecule has 0 atom stereocenters. The zero-order valence-electron chi connectivity index (χ0n) is 7.34. The average molecular weight is 166 g/mol. The molecule has 0 aromatic carbocycles. The first-order chi connectivity index (χ1) is 5.88. The van der Waals surface area contributed by atoms with E-state index in [1.807, 2.05) is 13.1 Å². The summed E-state index contributed by atoms with van der Waals surface area (Å²) in [7, 11) is 0. The van der Waals surface area contributed by atoms with E-state index in [2.05, 4.69) is 10.5 Å². The minimum Gasteiger partial charge on any atom is -0.361 e. The van der Waals surface area contributed by atoms with Gasteiger partial charge in [-0.2, -0.15) is 0 Å². The maximum Gasteiger partial charge on any atom is 0.137 e. The molecule has 12 heavy (non-hydrogen) atoms. The van der Waals surface area contributed by atoms with Gasteiger partial charge in [0.25, 0.3) is 0 Å². The van der Waals surface area contributed by atoms with Gasteiger partial charge in [0.15, 0.2) is 0 Å². The number of aromatic nitrogens is 1. The van der Waals surface area contributed by atoms with Crippen molar-refractivity contribution in [2.45, 2.75) is 25.7 Å². The summed E-state index contributed by atoms with van der Waals surface area (Å²) in [6, 6.07) is 0. The van der Waals surface area contributed by atoms with Crippen LogP contribution in [0.3, 0.4) is 0 Å². The van der Waals surface area contributed by atoms with Crippen LogP contribution in [-0.2, 0) is 0 Å². The van der Waals surface area contributed by atoms with Gasteiger partial charge in [0.05, 0.1) is 6.20 Å². The normalized spacial score (nSPS) is 19.8. The maximum atomic E-state index is 5.05. The van der Waals surface area contributed by atoms with Crippen LogP contribution in [0.1, 0.15) is 30.1 Å². The Morgan fingerprint density at radius 2 is 2.25 bits per heavy atom. The summed E-state index contributed by atoms with van der Waals surface area (Å²) in [4.78, 5) is 0. The van der Waals surface area contributed by atoms with Crippen LogP contribution < -0.4 is 5.32 Å². The summed E-state index contributed by atoms with van der Waals surface area (Å²) < 4.78 is 5.05. The predicted molar refractivity (Wildman–Crippen MR) is 46.1 cm³/mol. The van der Waals surface area contributed by atoms with E-state index in [1.54, 1.807) is 0 Å². The number of piperidine rings is 1. The zero-order chi connectivity index (χ0) is 8.39. The molecule has 1 N–H and O–H groups in total. The highest BCUT2D eigenvalue weighted by Crippen LogP contribution is 2.27. The molecule has 0 bridgehead atoms. The van der Waals surface area contributed by atoms with E-state index in [9.17, 15) is 0 Å². The SMILES string of the molecule is Cc1oncc1C1CCNCC1. The first-order valence-corrected chi connectivity index (χ1v) is 4.50. The lowest BCUT2D eigenvalue weighted by atomic mass is 9.91. The second kappa shape index (κ2) is 3.27. The van der Waals surface area contributed by atoms with Crippen molar-refractivity contribution in [2.75, 3.05) is 13.1 Å². The molecule has 1 aromatic heterocycles. The van der Waals surface area contributed by atoms with Crippen molar-refractivity contribution in [2.24, 2.45) is 0 Å². The Hall–Kier alpha value is -0.830. The van der Waals surface area contributed by atoms with Crippen LogP contribution in [0.5, 0.6) is 0 Å². The van der Waals surface area contributed by atoms with Crippen LogP contribution in [0.4, 0.5) is 0 Å². The molecule has 0 aliphatic carbocycles. The van der Waals surface area contributed by atoms with Crippen molar-refractivity contribution in [3.63, 3.8) is 0 Å². The van der Waals surface area contributed by atoms with Crippen molar-refractivity contribution in [1.29, 1.82) is 0 Å². The Bertz CT molecular complexity index is 251. The largest absolute Gasteiger partial charge is 0.361 e. The minimum atomic E-state index is 0.664. The van der Waals surface area contributed by atoms with Gasteiger partial charge in [-0.15, -0.1) is 0 Å². The third kappa shape index (κ3) is 1.37. The molecule has 3 heteroatoms. The molecule has 0 unspecified atom stereocenters. The number of hydrogen-bond acceptors (Lipinski definition) is 3. The zero-order valence-corrected chi connectivity index (χ0v) is 7.34. The van der Waals surface area contributed by atoms with E-state index in [-0.39, 0.29) is 0 Å². The molecule has 0 radical (unpaired) electrons. The van der Waals surface area contributed by atoms with Crippen molar-refractivity contribution in [3.05, 3.63) is 17.5 Å². The Morgan fingerprint density at radius 3 is 2.83 bits per heavy atom. The van der Waals surface area contributed by atoms with Gasteiger partial charge in [-0.3, -0.25) is 0 Å². The molecule has 1 aliphatic heterocycles. The van der Waals surface area contributed by atoms with Gasteiger partial charge in [0.1, 0.15) is 5.76 Å². The highest BCUT2D eigenvalue weighted by Gasteiger charge is 2.18. The fraction of sp³-hybridized carbons (Fsp3) is 0.667. The van der Waals surface area contributed by atoms with Gasteiger partial charge in [0.2, 0.25) is 0 Å². The smallest absolute Gasteiger partial charge is 0.137 e. The first-order valence-electron chi connectivity index (χ1n) is 4.50. The van der Waals surface area contributed by atoms with E-state index in [0.717, 1.165) is 18.8 Å². The minimum absolute atomic E-state index is 0.664. The number of nitrogens with one attached hydrogen (secondary N) is 1. The predicted octanol–water partition coefficient (Wildman–Crippen LogP) is 1.45. The van der Waals surface area contributed by atoms with Gasteiger partial charge >= 0.3 is 0 Å². The summed E-state index contributed by atoms with van der Waals surface area (Å²) in [6.45, 7) is 4.23. The summed E-state index contributed by atoms with van der Waals surface area (Å²) >= 11 is 0. The van der Waals surface area contributed by atoms with Gasteiger partial charge in [-0.05, 0) is 38.8 Å². The number of aryl methyl sites for hydroxylation is 1. The third-order valence-corrected chi connectivity index (χ3v) is 2.57. The molecule has 1 fully saturated rings. The standard InChI is InChI=1S/C9H14N2O/c1-7-9(6-11-12-7)8-2-4-10-5-3-8/h6,8,10H,2-5H2,1H3. The molecule has 2 rings (SSSR count). The molecule has 1 aromatic rings. The summed E-state index contributed by atoms with van der Waals surface area (Å²) in [5, 5.41) is 7.15. The Balaban J connectivity index is 2.13.